The van der Waals surface area contributed by atoms with Crippen molar-refractivity contribution in [2.45, 2.75) is 13.3 Å². The second-order valence-electron chi connectivity index (χ2n) is 3.28. The fourth-order valence-corrected chi connectivity index (χ4v) is 2.21. The smallest absolute Gasteiger partial charge is 0.225 e. The van der Waals surface area contributed by atoms with E-state index in [0.717, 1.165) is 0 Å². The first-order valence-corrected chi connectivity index (χ1v) is 6.37. The van der Waals surface area contributed by atoms with Crippen molar-refractivity contribution in [1.82, 2.24) is 0 Å². The molecule has 0 aromatic heterocycles. The highest BCUT2D eigenvalue weighted by atomic mass is 79.9. The molecule has 0 saturated heterocycles. The molecule has 0 aliphatic heterocycles. The molecule has 0 bridgehead atoms. The Bertz CT molecular complexity index is 416. The van der Waals surface area contributed by atoms with E-state index >= 15 is 0 Å². The van der Waals surface area contributed by atoms with E-state index in [1.54, 1.807) is 12.1 Å². The predicted molar refractivity (Wildman–Crippen MR) is 79.9 cm³/mol. The maximum Gasteiger partial charge on any atom is 0.225 e. The first-order valence-electron chi connectivity index (χ1n) is 5.20. The standard InChI is InChI=1S/C11H14BrClN2O2.ClH/c1-2-17-11-8(12)5-7(13)6-9(11)15-10(16)3-4-14;/h5-6H,2-4,14H2,1H3,(H,15,16);1H. The molecule has 0 saturated carbocycles. The van der Waals surface area contributed by atoms with Crippen LogP contribution in [0.2, 0.25) is 5.02 Å². The van der Waals surface area contributed by atoms with Crippen molar-refractivity contribution in [3.05, 3.63) is 21.6 Å². The van der Waals surface area contributed by atoms with Crippen LogP contribution in [0.4, 0.5) is 5.69 Å². The average Bonchev–Trinajstić information content (AvgIpc) is 2.23. The van der Waals surface area contributed by atoms with Crippen LogP contribution in [0.3, 0.4) is 0 Å². The van der Waals surface area contributed by atoms with Gasteiger partial charge in [0.1, 0.15) is 0 Å². The Balaban J connectivity index is 0.00000289. The number of hydrogen-bond acceptors (Lipinski definition) is 3. The molecule has 1 aromatic carbocycles. The van der Waals surface area contributed by atoms with Gasteiger partial charge in [-0.1, -0.05) is 11.6 Å². The maximum absolute atomic E-state index is 11.5. The molecule has 0 atom stereocenters. The minimum absolute atomic E-state index is 0. The Morgan fingerprint density at radius 2 is 2.22 bits per heavy atom. The van der Waals surface area contributed by atoms with Gasteiger partial charge in [-0.25, -0.2) is 0 Å². The molecule has 102 valence electrons. The van der Waals surface area contributed by atoms with Gasteiger partial charge in [-0.3, -0.25) is 4.79 Å². The van der Waals surface area contributed by atoms with Gasteiger partial charge in [0, 0.05) is 18.0 Å². The summed E-state index contributed by atoms with van der Waals surface area (Å²) in [5.74, 6) is 0.407. The van der Waals surface area contributed by atoms with Crippen molar-refractivity contribution < 1.29 is 9.53 Å². The van der Waals surface area contributed by atoms with Crippen LogP contribution < -0.4 is 15.8 Å². The number of hydrogen-bond donors (Lipinski definition) is 2. The Hall–Kier alpha value is -0.490. The van der Waals surface area contributed by atoms with Gasteiger partial charge in [0.2, 0.25) is 5.91 Å². The largest absolute Gasteiger partial charge is 0.491 e. The molecule has 7 heteroatoms. The summed E-state index contributed by atoms with van der Waals surface area (Å²) in [6.45, 7) is 2.67. The van der Waals surface area contributed by atoms with Crippen LogP contribution in [-0.4, -0.2) is 19.1 Å². The van der Waals surface area contributed by atoms with Crippen LogP contribution in [-0.2, 0) is 4.79 Å². The number of nitrogens with two attached hydrogens (primary N) is 1. The van der Waals surface area contributed by atoms with E-state index in [1.165, 1.54) is 0 Å². The molecule has 0 aliphatic carbocycles. The molecule has 18 heavy (non-hydrogen) atoms. The molecule has 4 nitrogen and oxygen atoms in total. The van der Waals surface area contributed by atoms with Crippen molar-refractivity contribution >= 4 is 51.5 Å². The highest BCUT2D eigenvalue weighted by molar-refractivity contribution is 9.10. The SMILES string of the molecule is CCOc1c(Br)cc(Cl)cc1NC(=O)CCN.Cl. The third-order valence-corrected chi connectivity index (χ3v) is 2.75. The molecule has 0 fully saturated rings. The number of carbonyl (C=O) groups is 1. The lowest BCUT2D eigenvalue weighted by molar-refractivity contribution is -0.116. The van der Waals surface area contributed by atoms with E-state index in [4.69, 9.17) is 22.1 Å². The zero-order valence-corrected chi connectivity index (χ0v) is 13.0. The van der Waals surface area contributed by atoms with Crippen molar-refractivity contribution in [2.75, 3.05) is 18.5 Å². The van der Waals surface area contributed by atoms with Crippen molar-refractivity contribution in [3.8, 4) is 5.75 Å². The van der Waals surface area contributed by atoms with E-state index in [-0.39, 0.29) is 24.7 Å². The van der Waals surface area contributed by atoms with Gasteiger partial charge >= 0.3 is 0 Å². The normalized spacial score (nSPS) is 9.56. The number of anilines is 1. The van der Waals surface area contributed by atoms with E-state index in [0.29, 0.717) is 34.1 Å². The molecule has 0 heterocycles. The van der Waals surface area contributed by atoms with E-state index in [9.17, 15) is 4.79 Å². The molecule has 1 amide bonds. The fraction of sp³-hybridized carbons (Fsp3) is 0.364. The number of halogens is 3. The monoisotopic (exact) mass is 356 g/mol. The molecule has 1 rings (SSSR count). The highest BCUT2D eigenvalue weighted by Gasteiger charge is 2.12. The molecule has 0 spiro atoms. The molecule has 0 aliphatic rings. The quantitative estimate of drug-likeness (QED) is 0.850. The Morgan fingerprint density at radius 1 is 1.56 bits per heavy atom. The van der Waals surface area contributed by atoms with Crippen LogP contribution in [0.25, 0.3) is 0 Å². The summed E-state index contributed by atoms with van der Waals surface area (Å²) < 4.78 is 6.15. The number of nitrogens with one attached hydrogen (secondary N) is 1. The zero-order valence-electron chi connectivity index (χ0n) is 9.83. The molecular formula is C11H15BrCl2N2O2. The fourth-order valence-electron chi connectivity index (χ4n) is 1.29. The lowest BCUT2D eigenvalue weighted by atomic mass is 10.2. The summed E-state index contributed by atoms with van der Waals surface area (Å²) in [5, 5.41) is 3.24. The molecule has 3 N–H and O–H groups in total. The number of amides is 1. The predicted octanol–water partition coefficient (Wildman–Crippen LogP) is 3.21. The lowest BCUT2D eigenvalue weighted by Gasteiger charge is -2.13. The summed E-state index contributed by atoms with van der Waals surface area (Å²) in [6.07, 6.45) is 0.260. The number of benzene rings is 1. The minimum atomic E-state index is -0.164. The summed E-state index contributed by atoms with van der Waals surface area (Å²) in [7, 11) is 0. The molecule has 0 unspecified atom stereocenters. The van der Waals surface area contributed by atoms with Gasteiger partial charge in [-0.05, 0) is 35.0 Å². The lowest BCUT2D eigenvalue weighted by Crippen LogP contribution is -2.17. The third kappa shape index (κ3) is 5.02. The topological polar surface area (TPSA) is 64.3 Å². The van der Waals surface area contributed by atoms with Crippen LogP contribution in [0, 0.1) is 0 Å². The Morgan fingerprint density at radius 3 is 2.78 bits per heavy atom. The zero-order chi connectivity index (χ0) is 12.8. The van der Waals surface area contributed by atoms with E-state index in [1.807, 2.05) is 6.92 Å². The molecule has 0 radical (unpaired) electrons. The van der Waals surface area contributed by atoms with Crippen LogP contribution in [0.15, 0.2) is 16.6 Å². The maximum atomic E-state index is 11.5. The first-order chi connectivity index (χ1) is 8.08. The van der Waals surface area contributed by atoms with Crippen LogP contribution in [0.1, 0.15) is 13.3 Å². The van der Waals surface area contributed by atoms with Gasteiger partial charge < -0.3 is 15.8 Å². The molecular weight excluding hydrogens is 343 g/mol. The van der Waals surface area contributed by atoms with Crippen molar-refractivity contribution in [2.24, 2.45) is 5.73 Å². The highest BCUT2D eigenvalue weighted by Crippen LogP contribution is 2.36. The number of ether oxygens (including phenoxy) is 1. The second kappa shape index (κ2) is 8.58. The second-order valence-corrected chi connectivity index (χ2v) is 4.57. The number of rotatable bonds is 5. The van der Waals surface area contributed by atoms with E-state index < -0.39 is 0 Å². The summed E-state index contributed by atoms with van der Waals surface area (Å²) >= 11 is 9.26. The Kier molecular flexibility index (Phi) is 8.35. The average molecular weight is 358 g/mol. The van der Waals surface area contributed by atoms with E-state index in [2.05, 4.69) is 21.2 Å². The van der Waals surface area contributed by atoms with Crippen molar-refractivity contribution in [3.63, 3.8) is 0 Å². The Labute approximate surface area is 126 Å². The summed E-state index contributed by atoms with van der Waals surface area (Å²) in [6, 6.07) is 3.36. The summed E-state index contributed by atoms with van der Waals surface area (Å²) in [5.41, 5.74) is 5.86. The van der Waals surface area contributed by atoms with Crippen LogP contribution in [0.5, 0.6) is 5.75 Å². The van der Waals surface area contributed by atoms with Crippen LogP contribution >= 0.6 is 39.9 Å². The number of carbonyl (C=O) groups excluding carboxylic acids is 1. The van der Waals surface area contributed by atoms with Gasteiger partial charge in [0.15, 0.2) is 5.75 Å². The van der Waals surface area contributed by atoms with Gasteiger partial charge in [-0.2, -0.15) is 0 Å². The van der Waals surface area contributed by atoms with Gasteiger partial charge in [0.25, 0.3) is 0 Å². The van der Waals surface area contributed by atoms with Gasteiger partial charge in [0.05, 0.1) is 16.8 Å². The van der Waals surface area contributed by atoms with Gasteiger partial charge in [-0.15, -0.1) is 12.4 Å². The summed E-state index contributed by atoms with van der Waals surface area (Å²) in [4.78, 5) is 11.5. The minimum Gasteiger partial charge on any atom is -0.491 e. The first kappa shape index (κ1) is 17.5. The molecule has 1 aromatic rings. The third-order valence-electron chi connectivity index (χ3n) is 1.94. The van der Waals surface area contributed by atoms with Crippen molar-refractivity contribution in [1.29, 1.82) is 0 Å².